The van der Waals surface area contributed by atoms with Gasteiger partial charge in [-0.15, -0.1) is 11.8 Å². The molecular formula is C21H27NO4S. The third kappa shape index (κ3) is 6.40. The molecule has 0 bridgehead atoms. The van der Waals surface area contributed by atoms with Crippen molar-refractivity contribution in [3.05, 3.63) is 48.0 Å². The zero-order valence-electron chi connectivity index (χ0n) is 16.3. The summed E-state index contributed by atoms with van der Waals surface area (Å²) in [6.07, 6.45) is 1.81. The lowest BCUT2D eigenvalue weighted by Gasteiger charge is -2.14. The molecule has 1 atom stereocenters. The van der Waals surface area contributed by atoms with Crippen LogP contribution in [0.3, 0.4) is 0 Å². The molecule has 1 amide bonds. The topological polar surface area (TPSA) is 56.8 Å². The van der Waals surface area contributed by atoms with Crippen LogP contribution in [0.5, 0.6) is 17.2 Å². The van der Waals surface area contributed by atoms with Gasteiger partial charge in [-0.25, -0.2) is 0 Å². The minimum atomic E-state index is -0.191. The molecule has 5 nitrogen and oxygen atoms in total. The second-order valence-corrected chi connectivity index (χ2v) is 7.43. The highest BCUT2D eigenvalue weighted by Gasteiger charge is 2.15. The van der Waals surface area contributed by atoms with Gasteiger partial charge in [0.05, 0.1) is 26.6 Å². The van der Waals surface area contributed by atoms with Crippen LogP contribution in [-0.2, 0) is 11.2 Å². The molecule has 0 heterocycles. The van der Waals surface area contributed by atoms with E-state index in [0.29, 0.717) is 18.0 Å². The Bertz CT molecular complexity index is 733. The van der Waals surface area contributed by atoms with Gasteiger partial charge in [0.25, 0.3) is 0 Å². The van der Waals surface area contributed by atoms with Gasteiger partial charge in [0.2, 0.25) is 5.91 Å². The summed E-state index contributed by atoms with van der Waals surface area (Å²) in [7, 11) is 4.86. The van der Waals surface area contributed by atoms with Crippen molar-refractivity contribution in [1.29, 1.82) is 0 Å². The summed E-state index contributed by atoms with van der Waals surface area (Å²) in [6.45, 7) is 2.56. The van der Waals surface area contributed by atoms with Crippen molar-refractivity contribution in [1.82, 2.24) is 5.32 Å². The first-order chi connectivity index (χ1) is 13.1. The maximum atomic E-state index is 12.3. The first-order valence-corrected chi connectivity index (χ1v) is 9.74. The molecule has 0 aliphatic heterocycles. The highest BCUT2D eigenvalue weighted by molar-refractivity contribution is 8.00. The van der Waals surface area contributed by atoms with E-state index in [1.54, 1.807) is 21.3 Å². The lowest BCUT2D eigenvalue weighted by atomic mass is 10.1. The average Bonchev–Trinajstić information content (AvgIpc) is 2.71. The molecular weight excluding hydrogens is 362 g/mol. The average molecular weight is 390 g/mol. The zero-order chi connectivity index (χ0) is 19.6. The van der Waals surface area contributed by atoms with E-state index in [0.717, 1.165) is 23.5 Å². The SMILES string of the molecule is COc1ccc(CCCNC(=O)[C@H](C)Sc2ccc(OC)c(OC)c2)cc1. The van der Waals surface area contributed by atoms with Gasteiger partial charge in [-0.1, -0.05) is 12.1 Å². The zero-order valence-corrected chi connectivity index (χ0v) is 17.1. The summed E-state index contributed by atoms with van der Waals surface area (Å²) < 4.78 is 15.7. The molecule has 1 N–H and O–H groups in total. The van der Waals surface area contributed by atoms with Crippen molar-refractivity contribution in [2.75, 3.05) is 27.9 Å². The van der Waals surface area contributed by atoms with Crippen molar-refractivity contribution in [2.45, 2.75) is 29.9 Å². The molecule has 2 rings (SSSR count). The summed E-state index contributed by atoms with van der Waals surface area (Å²) in [5.74, 6) is 2.23. The van der Waals surface area contributed by atoms with Crippen molar-refractivity contribution >= 4 is 17.7 Å². The number of methoxy groups -OCH3 is 3. The van der Waals surface area contributed by atoms with Crippen molar-refractivity contribution in [3.63, 3.8) is 0 Å². The first-order valence-electron chi connectivity index (χ1n) is 8.86. The fraction of sp³-hybridized carbons (Fsp3) is 0.381. The number of carbonyl (C=O) groups excluding carboxylic acids is 1. The molecule has 0 spiro atoms. The number of aryl methyl sites for hydroxylation is 1. The highest BCUT2D eigenvalue weighted by atomic mass is 32.2. The Labute approximate surface area is 165 Å². The molecule has 2 aromatic carbocycles. The molecule has 146 valence electrons. The Balaban J connectivity index is 1.76. The number of ether oxygens (including phenoxy) is 3. The third-order valence-electron chi connectivity index (χ3n) is 4.14. The van der Waals surface area contributed by atoms with Crippen LogP contribution in [0.15, 0.2) is 47.4 Å². The van der Waals surface area contributed by atoms with Crippen LogP contribution in [-0.4, -0.2) is 39.0 Å². The Morgan fingerprint density at radius 1 is 1.00 bits per heavy atom. The van der Waals surface area contributed by atoms with Gasteiger partial charge in [-0.05, 0) is 55.7 Å². The van der Waals surface area contributed by atoms with Gasteiger partial charge in [-0.2, -0.15) is 0 Å². The number of thioether (sulfide) groups is 1. The van der Waals surface area contributed by atoms with Gasteiger partial charge in [0.15, 0.2) is 11.5 Å². The van der Waals surface area contributed by atoms with Gasteiger partial charge in [0, 0.05) is 11.4 Å². The molecule has 0 radical (unpaired) electrons. The molecule has 0 saturated heterocycles. The molecule has 2 aromatic rings. The van der Waals surface area contributed by atoms with E-state index in [9.17, 15) is 4.79 Å². The van der Waals surface area contributed by atoms with Crippen LogP contribution in [0.4, 0.5) is 0 Å². The molecule has 0 fully saturated rings. The second-order valence-electron chi connectivity index (χ2n) is 6.02. The lowest BCUT2D eigenvalue weighted by molar-refractivity contribution is -0.120. The lowest BCUT2D eigenvalue weighted by Crippen LogP contribution is -2.31. The summed E-state index contributed by atoms with van der Waals surface area (Å²) in [5, 5.41) is 2.82. The van der Waals surface area contributed by atoms with E-state index in [4.69, 9.17) is 14.2 Å². The Morgan fingerprint density at radius 2 is 1.70 bits per heavy atom. The molecule has 0 unspecified atom stereocenters. The number of carbonyl (C=O) groups is 1. The minimum absolute atomic E-state index is 0.0320. The predicted octanol–water partition coefficient (Wildman–Crippen LogP) is 3.94. The van der Waals surface area contributed by atoms with Crippen molar-refractivity contribution in [3.8, 4) is 17.2 Å². The summed E-state index contributed by atoms with van der Waals surface area (Å²) in [5.41, 5.74) is 1.23. The second kappa shape index (κ2) is 10.7. The van der Waals surface area contributed by atoms with Crippen molar-refractivity contribution in [2.24, 2.45) is 0 Å². The number of amides is 1. The molecule has 0 saturated carbocycles. The van der Waals surface area contributed by atoms with E-state index in [1.807, 2.05) is 37.3 Å². The monoisotopic (exact) mass is 389 g/mol. The van der Waals surface area contributed by atoms with Crippen LogP contribution in [0.2, 0.25) is 0 Å². The maximum absolute atomic E-state index is 12.3. The standard InChI is InChI=1S/C21H27NO4S/c1-15(27-18-11-12-19(25-3)20(14-18)26-4)21(23)22-13-5-6-16-7-9-17(24-2)10-8-16/h7-12,14-15H,5-6,13H2,1-4H3,(H,22,23)/t15-/m0/s1. The maximum Gasteiger partial charge on any atom is 0.233 e. The molecule has 0 aromatic heterocycles. The summed E-state index contributed by atoms with van der Waals surface area (Å²) in [4.78, 5) is 13.3. The van der Waals surface area contributed by atoms with E-state index in [1.165, 1.54) is 17.3 Å². The number of hydrogen-bond acceptors (Lipinski definition) is 5. The minimum Gasteiger partial charge on any atom is -0.497 e. The van der Waals surface area contributed by atoms with E-state index >= 15 is 0 Å². The molecule has 6 heteroatoms. The van der Waals surface area contributed by atoms with E-state index in [2.05, 4.69) is 17.4 Å². The van der Waals surface area contributed by atoms with Gasteiger partial charge in [-0.3, -0.25) is 4.79 Å². The summed E-state index contributed by atoms with van der Waals surface area (Å²) >= 11 is 1.50. The van der Waals surface area contributed by atoms with E-state index in [-0.39, 0.29) is 11.2 Å². The van der Waals surface area contributed by atoms with Gasteiger partial charge in [0.1, 0.15) is 5.75 Å². The Hall–Kier alpha value is -2.34. The Morgan fingerprint density at radius 3 is 2.33 bits per heavy atom. The normalized spacial score (nSPS) is 11.6. The fourth-order valence-electron chi connectivity index (χ4n) is 2.59. The van der Waals surface area contributed by atoms with Gasteiger partial charge < -0.3 is 19.5 Å². The van der Waals surface area contributed by atoms with Crippen molar-refractivity contribution < 1.29 is 19.0 Å². The van der Waals surface area contributed by atoms with Crippen LogP contribution in [0.1, 0.15) is 18.9 Å². The van der Waals surface area contributed by atoms with Crippen LogP contribution < -0.4 is 19.5 Å². The highest BCUT2D eigenvalue weighted by Crippen LogP contribution is 2.33. The smallest absolute Gasteiger partial charge is 0.233 e. The third-order valence-corrected chi connectivity index (χ3v) is 5.23. The fourth-order valence-corrected chi connectivity index (χ4v) is 3.51. The van der Waals surface area contributed by atoms with Gasteiger partial charge >= 0.3 is 0 Å². The number of benzene rings is 2. The van der Waals surface area contributed by atoms with Crippen LogP contribution in [0.25, 0.3) is 0 Å². The molecule has 27 heavy (non-hydrogen) atoms. The molecule has 0 aliphatic rings. The van der Waals surface area contributed by atoms with E-state index < -0.39 is 0 Å². The number of hydrogen-bond donors (Lipinski definition) is 1. The predicted molar refractivity (Wildman–Crippen MR) is 109 cm³/mol. The largest absolute Gasteiger partial charge is 0.497 e. The van der Waals surface area contributed by atoms with Crippen LogP contribution in [0, 0.1) is 0 Å². The first kappa shape index (κ1) is 21.0. The summed E-state index contributed by atoms with van der Waals surface area (Å²) in [6, 6.07) is 13.7. The quantitative estimate of drug-likeness (QED) is 0.493. The molecule has 0 aliphatic carbocycles. The Kier molecular flexibility index (Phi) is 8.33. The van der Waals surface area contributed by atoms with Crippen LogP contribution >= 0.6 is 11.8 Å². The number of rotatable bonds is 10. The number of nitrogens with one attached hydrogen (secondary N) is 1.